The second-order valence-electron chi connectivity index (χ2n) is 4.80. The van der Waals surface area contributed by atoms with Crippen molar-refractivity contribution in [1.29, 1.82) is 0 Å². The minimum absolute atomic E-state index is 0.1000. The van der Waals surface area contributed by atoms with Crippen molar-refractivity contribution < 1.29 is 4.79 Å². The fourth-order valence-corrected chi connectivity index (χ4v) is 2.78. The number of halogens is 1. The Morgan fingerprint density at radius 2 is 2.21 bits per heavy atom. The van der Waals surface area contributed by atoms with Gasteiger partial charge in [0.2, 0.25) is 5.91 Å². The molecule has 0 aromatic heterocycles. The van der Waals surface area contributed by atoms with E-state index in [0.29, 0.717) is 19.5 Å². The summed E-state index contributed by atoms with van der Waals surface area (Å²) in [6, 6.07) is 3.92. The van der Waals surface area contributed by atoms with E-state index in [-0.39, 0.29) is 11.8 Å². The summed E-state index contributed by atoms with van der Waals surface area (Å²) in [5, 5.41) is 3.56. The maximum atomic E-state index is 12.1. The molecule has 0 radical (unpaired) electrons. The van der Waals surface area contributed by atoms with Crippen molar-refractivity contribution >= 4 is 27.5 Å². The van der Waals surface area contributed by atoms with E-state index in [1.807, 2.05) is 26.0 Å². The van der Waals surface area contributed by atoms with Gasteiger partial charge in [-0.15, -0.1) is 0 Å². The topological polar surface area (TPSA) is 69.1 Å². The molecule has 2 rings (SSSR count). The number of rotatable bonds is 3. The molecule has 1 fully saturated rings. The van der Waals surface area contributed by atoms with Crippen LogP contribution < -0.4 is 4.90 Å². The first-order chi connectivity index (χ1) is 9.04. The standard InChI is InChI=1S/C13H15BrN4O/c1-8-9(2)12(4-3-11(8)14)18-7-10(5-13(18)19)6-16-17-15/h3-4,10H,5-7H2,1-2H3. The predicted octanol–water partition coefficient (Wildman–Crippen LogP) is 3.73. The first kappa shape index (κ1) is 13.9. The molecule has 6 heteroatoms. The molecule has 0 spiro atoms. The van der Waals surface area contributed by atoms with Crippen molar-refractivity contribution in [1.82, 2.24) is 0 Å². The van der Waals surface area contributed by atoms with E-state index >= 15 is 0 Å². The fraction of sp³-hybridized carbons (Fsp3) is 0.462. The Bertz CT molecular complexity index is 566. The summed E-state index contributed by atoms with van der Waals surface area (Å²) in [4.78, 5) is 16.6. The fourth-order valence-electron chi connectivity index (χ4n) is 2.35. The van der Waals surface area contributed by atoms with Crippen LogP contribution in [0.15, 0.2) is 21.7 Å². The molecule has 1 aromatic rings. The van der Waals surface area contributed by atoms with Crippen molar-refractivity contribution in [3.8, 4) is 0 Å². The molecule has 0 N–H and O–H groups in total. The van der Waals surface area contributed by atoms with Crippen LogP contribution in [0.4, 0.5) is 5.69 Å². The van der Waals surface area contributed by atoms with Crippen LogP contribution in [0.5, 0.6) is 0 Å². The first-order valence-corrected chi connectivity index (χ1v) is 6.90. The zero-order valence-corrected chi connectivity index (χ0v) is 12.5. The molecule has 100 valence electrons. The van der Waals surface area contributed by atoms with Crippen LogP contribution in [-0.2, 0) is 4.79 Å². The smallest absolute Gasteiger partial charge is 0.227 e. The number of benzene rings is 1. The molecule has 1 unspecified atom stereocenters. The zero-order valence-electron chi connectivity index (χ0n) is 10.9. The van der Waals surface area contributed by atoms with Gasteiger partial charge in [-0.25, -0.2) is 0 Å². The van der Waals surface area contributed by atoms with E-state index in [1.165, 1.54) is 0 Å². The molecule has 0 bridgehead atoms. The number of carbonyl (C=O) groups is 1. The monoisotopic (exact) mass is 322 g/mol. The molecule has 1 aliphatic rings. The molecule has 1 saturated heterocycles. The predicted molar refractivity (Wildman–Crippen MR) is 78.1 cm³/mol. The number of nitrogens with zero attached hydrogens (tertiary/aromatic N) is 4. The molecule has 0 aliphatic carbocycles. The van der Waals surface area contributed by atoms with Gasteiger partial charge in [0.15, 0.2) is 0 Å². The van der Waals surface area contributed by atoms with Crippen molar-refractivity contribution in [2.24, 2.45) is 11.0 Å². The number of anilines is 1. The van der Waals surface area contributed by atoms with Crippen LogP contribution in [-0.4, -0.2) is 19.0 Å². The van der Waals surface area contributed by atoms with Crippen LogP contribution in [0.2, 0.25) is 0 Å². The van der Waals surface area contributed by atoms with Crippen LogP contribution in [0.1, 0.15) is 17.5 Å². The number of azide groups is 1. The highest BCUT2D eigenvalue weighted by atomic mass is 79.9. The van der Waals surface area contributed by atoms with Gasteiger partial charge < -0.3 is 4.90 Å². The minimum Gasteiger partial charge on any atom is -0.312 e. The Morgan fingerprint density at radius 1 is 1.47 bits per heavy atom. The Labute approximate surface area is 120 Å². The second kappa shape index (κ2) is 5.63. The SMILES string of the molecule is Cc1c(Br)ccc(N2CC(CN=[N+]=[N-])CC2=O)c1C. The number of hydrogen-bond donors (Lipinski definition) is 0. The molecule has 5 nitrogen and oxygen atoms in total. The number of hydrogen-bond acceptors (Lipinski definition) is 2. The summed E-state index contributed by atoms with van der Waals surface area (Å²) in [5.41, 5.74) is 11.5. The van der Waals surface area contributed by atoms with Gasteiger partial charge in [-0.2, -0.15) is 0 Å². The van der Waals surface area contributed by atoms with Gasteiger partial charge in [0.1, 0.15) is 0 Å². The second-order valence-corrected chi connectivity index (χ2v) is 5.66. The lowest BCUT2D eigenvalue weighted by molar-refractivity contribution is -0.117. The molecule has 19 heavy (non-hydrogen) atoms. The molecule has 1 aliphatic heterocycles. The largest absolute Gasteiger partial charge is 0.312 e. The van der Waals surface area contributed by atoms with Crippen LogP contribution in [0.25, 0.3) is 10.4 Å². The van der Waals surface area contributed by atoms with Crippen molar-refractivity contribution in [2.75, 3.05) is 18.0 Å². The summed E-state index contributed by atoms with van der Waals surface area (Å²) in [7, 11) is 0. The highest BCUT2D eigenvalue weighted by Crippen LogP contribution is 2.32. The number of carbonyl (C=O) groups excluding carboxylic acids is 1. The lowest BCUT2D eigenvalue weighted by Crippen LogP contribution is -2.25. The summed E-state index contributed by atoms with van der Waals surface area (Å²) in [6.07, 6.45) is 0.452. The Hall–Kier alpha value is -1.52. The lowest BCUT2D eigenvalue weighted by Gasteiger charge is -2.20. The Balaban J connectivity index is 2.26. The summed E-state index contributed by atoms with van der Waals surface area (Å²) < 4.78 is 1.05. The molecule has 1 amide bonds. The highest BCUT2D eigenvalue weighted by Gasteiger charge is 2.31. The molecule has 1 aromatic carbocycles. The van der Waals surface area contributed by atoms with E-state index in [9.17, 15) is 4.79 Å². The van der Waals surface area contributed by atoms with E-state index in [2.05, 4.69) is 26.0 Å². The van der Waals surface area contributed by atoms with Gasteiger partial charge in [-0.1, -0.05) is 21.0 Å². The van der Waals surface area contributed by atoms with Crippen LogP contribution >= 0.6 is 15.9 Å². The Morgan fingerprint density at radius 3 is 2.89 bits per heavy atom. The Kier molecular flexibility index (Phi) is 4.12. The minimum atomic E-state index is 0.1000. The molecule has 1 atom stereocenters. The lowest BCUT2D eigenvalue weighted by atomic mass is 10.1. The molecular formula is C13H15BrN4O. The molecule has 0 saturated carbocycles. The summed E-state index contributed by atoms with van der Waals surface area (Å²) in [6.45, 7) is 5.05. The van der Waals surface area contributed by atoms with Gasteiger partial charge >= 0.3 is 0 Å². The van der Waals surface area contributed by atoms with Crippen LogP contribution in [0, 0.1) is 19.8 Å². The van der Waals surface area contributed by atoms with Gasteiger partial charge in [0.05, 0.1) is 0 Å². The van der Waals surface area contributed by atoms with Crippen LogP contribution in [0.3, 0.4) is 0 Å². The van der Waals surface area contributed by atoms with Gasteiger partial charge in [0.25, 0.3) is 0 Å². The van der Waals surface area contributed by atoms with E-state index in [0.717, 1.165) is 21.3 Å². The zero-order chi connectivity index (χ0) is 14.0. The average Bonchev–Trinajstić information content (AvgIpc) is 2.75. The summed E-state index contributed by atoms with van der Waals surface area (Å²) in [5.74, 6) is 0.217. The van der Waals surface area contributed by atoms with Crippen molar-refractivity contribution in [3.05, 3.63) is 38.2 Å². The maximum absolute atomic E-state index is 12.1. The molecular weight excluding hydrogens is 308 g/mol. The van der Waals surface area contributed by atoms with E-state index in [1.54, 1.807) is 4.90 Å². The van der Waals surface area contributed by atoms with E-state index in [4.69, 9.17) is 5.53 Å². The maximum Gasteiger partial charge on any atom is 0.227 e. The average molecular weight is 323 g/mol. The highest BCUT2D eigenvalue weighted by molar-refractivity contribution is 9.10. The third kappa shape index (κ3) is 2.74. The van der Waals surface area contributed by atoms with Gasteiger partial charge in [0, 0.05) is 34.6 Å². The van der Waals surface area contributed by atoms with Gasteiger partial charge in [-0.3, -0.25) is 4.79 Å². The van der Waals surface area contributed by atoms with Crippen molar-refractivity contribution in [2.45, 2.75) is 20.3 Å². The third-order valence-electron chi connectivity index (χ3n) is 3.59. The first-order valence-electron chi connectivity index (χ1n) is 6.11. The normalized spacial score (nSPS) is 18.6. The number of amides is 1. The van der Waals surface area contributed by atoms with Gasteiger partial charge in [-0.05, 0) is 48.6 Å². The van der Waals surface area contributed by atoms with E-state index < -0.39 is 0 Å². The quantitative estimate of drug-likeness (QED) is 0.475. The molecule has 1 heterocycles. The third-order valence-corrected chi connectivity index (χ3v) is 4.45. The van der Waals surface area contributed by atoms with Crippen molar-refractivity contribution in [3.63, 3.8) is 0 Å². The summed E-state index contributed by atoms with van der Waals surface area (Å²) >= 11 is 3.49.